The van der Waals surface area contributed by atoms with Gasteiger partial charge in [0.15, 0.2) is 0 Å². The van der Waals surface area contributed by atoms with Crippen molar-refractivity contribution < 1.29 is 9.53 Å². The van der Waals surface area contributed by atoms with Gasteiger partial charge in [-0.05, 0) is 40.8 Å². The summed E-state index contributed by atoms with van der Waals surface area (Å²) >= 11 is 0. The smallest absolute Gasteiger partial charge is 0.410 e. The molecular weight excluding hydrogens is 242 g/mol. The van der Waals surface area contributed by atoms with Crippen molar-refractivity contribution in [2.45, 2.75) is 38.8 Å². The van der Waals surface area contributed by atoms with Gasteiger partial charge in [-0.1, -0.05) is 0 Å². The summed E-state index contributed by atoms with van der Waals surface area (Å²) < 4.78 is 5.48. The van der Waals surface area contributed by atoms with Crippen molar-refractivity contribution in [1.29, 1.82) is 0 Å². The topological polar surface area (TPSA) is 44.8 Å². The van der Waals surface area contributed by atoms with E-state index < -0.39 is 5.60 Å². The highest BCUT2D eigenvalue weighted by Gasteiger charge is 2.33. The fraction of sp³-hybridized carbons (Fsp3) is 0.929. The maximum atomic E-state index is 12.2. The lowest BCUT2D eigenvalue weighted by molar-refractivity contribution is 0.0217. The first-order valence-corrected chi connectivity index (χ1v) is 7.25. The van der Waals surface area contributed by atoms with Crippen LogP contribution in [0.2, 0.25) is 0 Å². The molecule has 110 valence electrons. The number of rotatable bonds is 0. The summed E-state index contributed by atoms with van der Waals surface area (Å²) in [4.78, 5) is 16.4. The average molecular weight is 269 g/mol. The van der Waals surface area contributed by atoms with Crippen LogP contribution in [-0.4, -0.2) is 67.3 Å². The number of fused-ring (bicyclic) bond motifs is 1. The molecule has 5 nitrogen and oxygen atoms in total. The van der Waals surface area contributed by atoms with Crippen LogP contribution in [0.15, 0.2) is 0 Å². The number of hydrogen-bond donors (Lipinski definition) is 1. The second-order valence-corrected chi connectivity index (χ2v) is 6.80. The van der Waals surface area contributed by atoms with Crippen LogP contribution in [-0.2, 0) is 4.74 Å². The van der Waals surface area contributed by atoms with Gasteiger partial charge < -0.3 is 19.9 Å². The standard InChI is InChI=1S/C14H27N3O2/c1-14(2,3)19-13(18)17-8-6-15-12-5-7-16(4)9-11(12)10-17/h11-12,15H,5-10H2,1-4H3. The largest absolute Gasteiger partial charge is 0.444 e. The first-order valence-electron chi connectivity index (χ1n) is 7.25. The van der Waals surface area contributed by atoms with Crippen molar-refractivity contribution in [3.63, 3.8) is 0 Å². The lowest BCUT2D eigenvalue weighted by Gasteiger charge is -2.37. The monoisotopic (exact) mass is 269 g/mol. The second kappa shape index (κ2) is 5.67. The Morgan fingerprint density at radius 1 is 1.26 bits per heavy atom. The van der Waals surface area contributed by atoms with E-state index in [0.717, 1.165) is 32.7 Å². The Balaban J connectivity index is 1.97. The quantitative estimate of drug-likeness (QED) is 0.716. The summed E-state index contributed by atoms with van der Waals surface area (Å²) in [6.45, 7) is 10.3. The zero-order valence-corrected chi connectivity index (χ0v) is 12.6. The molecule has 0 saturated carbocycles. The predicted octanol–water partition coefficient (Wildman–Crippen LogP) is 1.15. The van der Waals surface area contributed by atoms with Crippen LogP contribution in [0.3, 0.4) is 0 Å². The van der Waals surface area contributed by atoms with Crippen molar-refractivity contribution in [2.75, 3.05) is 39.8 Å². The van der Waals surface area contributed by atoms with E-state index in [1.807, 2.05) is 25.7 Å². The highest BCUT2D eigenvalue weighted by Crippen LogP contribution is 2.20. The van der Waals surface area contributed by atoms with E-state index in [9.17, 15) is 4.79 Å². The molecule has 2 aliphatic rings. The molecule has 2 aliphatic heterocycles. The molecule has 1 N–H and O–H groups in total. The van der Waals surface area contributed by atoms with Gasteiger partial charge in [-0.15, -0.1) is 0 Å². The number of carbonyl (C=O) groups excluding carboxylic acids is 1. The Kier molecular flexibility index (Phi) is 4.36. The first kappa shape index (κ1) is 14.6. The molecule has 0 radical (unpaired) electrons. The molecule has 2 atom stereocenters. The van der Waals surface area contributed by atoms with Crippen LogP contribution in [0.1, 0.15) is 27.2 Å². The summed E-state index contributed by atoms with van der Waals surface area (Å²) in [7, 11) is 2.15. The molecule has 1 amide bonds. The molecule has 0 aliphatic carbocycles. The molecule has 0 bridgehead atoms. The first-order chi connectivity index (χ1) is 8.85. The van der Waals surface area contributed by atoms with E-state index in [4.69, 9.17) is 4.74 Å². The van der Waals surface area contributed by atoms with Crippen molar-refractivity contribution >= 4 is 6.09 Å². The minimum absolute atomic E-state index is 0.178. The van der Waals surface area contributed by atoms with E-state index in [1.165, 1.54) is 6.42 Å². The molecule has 19 heavy (non-hydrogen) atoms. The zero-order chi connectivity index (χ0) is 14.0. The fourth-order valence-electron chi connectivity index (χ4n) is 2.92. The number of nitrogens with zero attached hydrogens (tertiary/aromatic N) is 2. The SMILES string of the molecule is CN1CCC2NCCN(C(=O)OC(C)(C)C)CC2C1. The number of hydrogen-bond acceptors (Lipinski definition) is 4. The summed E-state index contributed by atoms with van der Waals surface area (Å²) in [6, 6.07) is 0.545. The summed E-state index contributed by atoms with van der Waals surface area (Å²) in [5, 5.41) is 3.58. The van der Waals surface area contributed by atoms with E-state index >= 15 is 0 Å². The van der Waals surface area contributed by atoms with Gasteiger partial charge in [0, 0.05) is 38.1 Å². The Bertz CT molecular complexity index is 327. The van der Waals surface area contributed by atoms with Gasteiger partial charge in [-0.25, -0.2) is 4.79 Å². The lowest BCUT2D eigenvalue weighted by Crippen LogP contribution is -2.49. The van der Waals surface area contributed by atoms with Gasteiger partial charge in [0.05, 0.1) is 0 Å². The van der Waals surface area contributed by atoms with Crippen molar-refractivity contribution in [3.05, 3.63) is 0 Å². The van der Waals surface area contributed by atoms with Crippen molar-refractivity contribution in [2.24, 2.45) is 5.92 Å². The van der Waals surface area contributed by atoms with Gasteiger partial charge in [0.25, 0.3) is 0 Å². The molecular formula is C14H27N3O2. The van der Waals surface area contributed by atoms with Crippen molar-refractivity contribution in [3.8, 4) is 0 Å². The van der Waals surface area contributed by atoms with Crippen LogP contribution in [0, 0.1) is 5.92 Å². The molecule has 2 rings (SSSR count). The van der Waals surface area contributed by atoms with Crippen LogP contribution in [0.5, 0.6) is 0 Å². The highest BCUT2D eigenvalue weighted by molar-refractivity contribution is 5.68. The van der Waals surface area contributed by atoms with Crippen molar-refractivity contribution in [1.82, 2.24) is 15.1 Å². The second-order valence-electron chi connectivity index (χ2n) is 6.80. The van der Waals surface area contributed by atoms with E-state index in [1.54, 1.807) is 0 Å². The van der Waals surface area contributed by atoms with Gasteiger partial charge in [0.1, 0.15) is 5.60 Å². The van der Waals surface area contributed by atoms with E-state index in [0.29, 0.717) is 12.0 Å². The average Bonchev–Trinajstić information content (AvgIpc) is 2.48. The zero-order valence-electron chi connectivity index (χ0n) is 12.6. The summed E-state index contributed by atoms with van der Waals surface area (Å²) in [5.74, 6) is 0.508. The summed E-state index contributed by atoms with van der Waals surface area (Å²) in [6.07, 6.45) is 0.992. The lowest BCUT2D eigenvalue weighted by atomic mass is 9.92. The molecule has 2 unspecified atom stereocenters. The number of amides is 1. The molecule has 0 aromatic carbocycles. The van der Waals surface area contributed by atoms with E-state index in [2.05, 4.69) is 17.3 Å². The molecule has 2 fully saturated rings. The third kappa shape index (κ3) is 4.08. The van der Waals surface area contributed by atoms with Crippen LogP contribution in [0.25, 0.3) is 0 Å². The molecule has 0 aromatic rings. The summed E-state index contributed by atoms with van der Waals surface area (Å²) in [5.41, 5.74) is -0.417. The van der Waals surface area contributed by atoms with E-state index in [-0.39, 0.29) is 6.09 Å². The number of carbonyl (C=O) groups is 1. The maximum absolute atomic E-state index is 12.2. The van der Waals surface area contributed by atoms with Crippen LogP contribution < -0.4 is 5.32 Å². The Labute approximate surface area is 116 Å². The predicted molar refractivity (Wildman–Crippen MR) is 75.2 cm³/mol. The number of likely N-dealkylation sites (tertiary alicyclic amines) is 1. The van der Waals surface area contributed by atoms with Gasteiger partial charge >= 0.3 is 6.09 Å². The van der Waals surface area contributed by atoms with Gasteiger partial charge in [-0.3, -0.25) is 0 Å². The fourth-order valence-corrected chi connectivity index (χ4v) is 2.92. The third-order valence-electron chi connectivity index (χ3n) is 3.83. The molecule has 0 spiro atoms. The molecule has 5 heteroatoms. The van der Waals surface area contributed by atoms with Crippen LogP contribution >= 0.6 is 0 Å². The highest BCUT2D eigenvalue weighted by atomic mass is 16.6. The van der Waals surface area contributed by atoms with Crippen LogP contribution in [0.4, 0.5) is 4.79 Å². The molecule has 0 aromatic heterocycles. The normalized spacial score (nSPS) is 29.6. The van der Waals surface area contributed by atoms with Gasteiger partial charge in [0.2, 0.25) is 0 Å². The number of piperidine rings is 1. The minimum Gasteiger partial charge on any atom is -0.444 e. The third-order valence-corrected chi connectivity index (χ3v) is 3.83. The van der Waals surface area contributed by atoms with Gasteiger partial charge in [-0.2, -0.15) is 0 Å². The minimum atomic E-state index is -0.417. The Morgan fingerprint density at radius 2 is 2.00 bits per heavy atom. The maximum Gasteiger partial charge on any atom is 0.410 e. The Morgan fingerprint density at radius 3 is 2.68 bits per heavy atom. The number of ether oxygens (including phenoxy) is 1. The number of nitrogens with one attached hydrogen (secondary N) is 1. The molecule has 2 saturated heterocycles. The Hall–Kier alpha value is -0.810. The molecule has 2 heterocycles.